The standard InChI is InChI=1S/C21H19F3N4O3/c1-12-6-16(15-5-4-14(30-2)7-18(15)31-3)26-17-10-28(20(29)19(12)17)13-8-25-27(9-13)11-21(22,23)24/h4-9H,10-11H2,1-3H3. The molecule has 0 unspecified atom stereocenters. The van der Waals surface area contributed by atoms with Crippen molar-refractivity contribution in [3.05, 3.63) is 53.5 Å². The second kappa shape index (κ2) is 7.60. The molecule has 0 saturated heterocycles. The number of hydrogen-bond donors (Lipinski definition) is 0. The maximum absolute atomic E-state index is 13.0. The molecule has 1 aromatic carbocycles. The highest BCUT2D eigenvalue weighted by Gasteiger charge is 2.34. The van der Waals surface area contributed by atoms with Gasteiger partial charge in [0, 0.05) is 17.8 Å². The lowest BCUT2D eigenvalue weighted by atomic mass is 10.0. The number of alkyl halides is 3. The third kappa shape index (κ3) is 3.92. The molecule has 1 amide bonds. The van der Waals surface area contributed by atoms with Crippen molar-refractivity contribution < 1.29 is 27.4 Å². The van der Waals surface area contributed by atoms with Crippen LogP contribution < -0.4 is 14.4 Å². The molecule has 3 aromatic rings. The van der Waals surface area contributed by atoms with Crippen LogP contribution in [0.3, 0.4) is 0 Å². The first-order valence-electron chi connectivity index (χ1n) is 9.34. The molecule has 1 aliphatic rings. The number of aryl methyl sites for hydroxylation is 1. The largest absolute Gasteiger partial charge is 0.497 e. The van der Waals surface area contributed by atoms with Crippen molar-refractivity contribution in [2.45, 2.75) is 26.2 Å². The molecule has 0 radical (unpaired) electrons. The van der Waals surface area contributed by atoms with Crippen molar-refractivity contribution in [3.63, 3.8) is 0 Å². The fraction of sp³-hybridized carbons (Fsp3) is 0.286. The van der Waals surface area contributed by atoms with E-state index in [0.29, 0.717) is 34.0 Å². The van der Waals surface area contributed by atoms with Crippen molar-refractivity contribution in [1.82, 2.24) is 14.8 Å². The third-order valence-corrected chi connectivity index (χ3v) is 5.02. The molecular formula is C21H19F3N4O3. The van der Waals surface area contributed by atoms with Gasteiger partial charge in [0.2, 0.25) is 0 Å². The lowest BCUT2D eigenvalue weighted by Gasteiger charge is -2.12. The van der Waals surface area contributed by atoms with Gasteiger partial charge in [-0.05, 0) is 30.7 Å². The molecule has 0 fully saturated rings. The predicted octanol–water partition coefficient (Wildman–Crippen LogP) is 3.99. The topological polar surface area (TPSA) is 69.5 Å². The van der Waals surface area contributed by atoms with Crippen LogP contribution in [0.4, 0.5) is 18.9 Å². The first-order chi connectivity index (χ1) is 14.7. The summed E-state index contributed by atoms with van der Waals surface area (Å²) in [6.07, 6.45) is -1.94. The summed E-state index contributed by atoms with van der Waals surface area (Å²) < 4.78 is 49.3. The minimum atomic E-state index is -4.40. The maximum Gasteiger partial charge on any atom is 0.408 e. The Bertz CT molecular complexity index is 1160. The molecule has 0 spiro atoms. The number of fused-ring (bicyclic) bond motifs is 1. The number of amides is 1. The zero-order valence-electron chi connectivity index (χ0n) is 17.0. The van der Waals surface area contributed by atoms with Crippen molar-refractivity contribution >= 4 is 11.6 Å². The van der Waals surface area contributed by atoms with Crippen molar-refractivity contribution in [3.8, 4) is 22.8 Å². The molecule has 7 nitrogen and oxygen atoms in total. The van der Waals surface area contributed by atoms with Crippen LogP contribution >= 0.6 is 0 Å². The van der Waals surface area contributed by atoms with Crippen LogP contribution in [0.1, 0.15) is 21.6 Å². The van der Waals surface area contributed by atoms with E-state index in [4.69, 9.17) is 9.47 Å². The number of anilines is 1. The summed E-state index contributed by atoms with van der Waals surface area (Å²) in [4.78, 5) is 19.0. The average Bonchev–Trinajstić information content (AvgIpc) is 3.30. The van der Waals surface area contributed by atoms with E-state index >= 15 is 0 Å². The minimum absolute atomic E-state index is 0.138. The molecule has 0 N–H and O–H groups in total. The van der Waals surface area contributed by atoms with Gasteiger partial charge in [-0.3, -0.25) is 14.4 Å². The Morgan fingerprint density at radius 3 is 2.61 bits per heavy atom. The second-order valence-electron chi connectivity index (χ2n) is 7.11. The Hall–Kier alpha value is -3.56. The molecule has 1 aliphatic heterocycles. The predicted molar refractivity (Wildman–Crippen MR) is 106 cm³/mol. The van der Waals surface area contributed by atoms with Crippen molar-refractivity contribution in [2.24, 2.45) is 0 Å². The Morgan fingerprint density at radius 1 is 1.16 bits per heavy atom. The van der Waals surface area contributed by atoms with Crippen molar-refractivity contribution in [2.75, 3.05) is 19.1 Å². The highest BCUT2D eigenvalue weighted by atomic mass is 19.4. The zero-order valence-corrected chi connectivity index (χ0v) is 17.0. The summed E-state index contributed by atoms with van der Waals surface area (Å²) in [5.74, 6) is 0.885. The molecule has 162 valence electrons. The number of carbonyl (C=O) groups is 1. The highest BCUT2D eigenvalue weighted by molar-refractivity contribution is 6.10. The summed E-state index contributed by atoms with van der Waals surface area (Å²) >= 11 is 0. The fourth-order valence-electron chi connectivity index (χ4n) is 3.62. The van der Waals surface area contributed by atoms with E-state index in [-0.39, 0.29) is 18.1 Å². The number of halogens is 3. The number of benzene rings is 1. The van der Waals surface area contributed by atoms with Crippen LogP contribution in [0.25, 0.3) is 11.3 Å². The fourth-order valence-corrected chi connectivity index (χ4v) is 3.62. The minimum Gasteiger partial charge on any atom is -0.497 e. The SMILES string of the molecule is COc1ccc(-c2cc(C)c3c(n2)CN(c2cnn(CC(F)(F)F)c2)C3=O)c(OC)c1. The van der Waals surface area contributed by atoms with Gasteiger partial charge < -0.3 is 9.47 Å². The van der Waals surface area contributed by atoms with E-state index in [1.54, 1.807) is 39.3 Å². The normalized spacial score (nSPS) is 13.5. The molecule has 31 heavy (non-hydrogen) atoms. The Kier molecular flexibility index (Phi) is 5.08. The number of rotatable bonds is 5. The number of methoxy groups -OCH3 is 2. The number of pyridine rings is 1. The first-order valence-corrected chi connectivity index (χ1v) is 9.34. The van der Waals surface area contributed by atoms with Gasteiger partial charge in [-0.25, -0.2) is 4.98 Å². The first kappa shape index (κ1) is 20.7. The van der Waals surface area contributed by atoms with E-state index < -0.39 is 12.7 Å². The summed E-state index contributed by atoms with van der Waals surface area (Å²) in [5.41, 5.74) is 3.35. The smallest absolute Gasteiger partial charge is 0.408 e. The molecular weight excluding hydrogens is 413 g/mol. The monoisotopic (exact) mass is 432 g/mol. The molecule has 0 aliphatic carbocycles. The number of aromatic nitrogens is 3. The van der Waals surface area contributed by atoms with Crippen molar-refractivity contribution in [1.29, 1.82) is 0 Å². The van der Waals surface area contributed by atoms with Gasteiger partial charge in [-0.15, -0.1) is 0 Å². The molecule has 0 atom stereocenters. The third-order valence-electron chi connectivity index (χ3n) is 5.02. The van der Waals surface area contributed by atoms with Crippen LogP contribution in [0, 0.1) is 6.92 Å². The zero-order chi connectivity index (χ0) is 22.3. The van der Waals surface area contributed by atoms with Gasteiger partial charge in [0.1, 0.15) is 18.0 Å². The molecule has 2 aromatic heterocycles. The van der Waals surface area contributed by atoms with Crippen LogP contribution in [0.15, 0.2) is 36.7 Å². The summed E-state index contributed by atoms with van der Waals surface area (Å²) in [5, 5.41) is 3.72. The van der Waals surface area contributed by atoms with Gasteiger partial charge in [0.05, 0.1) is 49.6 Å². The number of carbonyl (C=O) groups excluding carboxylic acids is 1. The summed E-state index contributed by atoms with van der Waals surface area (Å²) in [6, 6.07) is 7.14. The van der Waals surface area contributed by atoms with Gasteiger partial charge in [-0.1, -0.05) is 0 Å². The van der Waals surface area contributed by atoms with Gasteiger partial charge >= 0.3 is 6.18 Å². The highest BCUT2D eigenvalue weighted by Crippen LogP contribution is 2.36. The second-order valence-corrected chi connectivity index (χ2v) is 7.11. The number of ether oxygens (including phenoxy) is 2. The van der Waals surface area contributed by atoms with Crippen LogP contribution in [-0.2, 0) is 13.1 Å². The van der Waals surface area contributed by atoms with Crippen LogP contribution in [-0.4, -0.2) is 41.1 Å². The number of nitrogens with zero attached hydrogens (tertiary/aromatic N) is 4. The molecule has 0 saturated carbocycles. The molecule has 10 heteroatoms. The summed E-state index contributed by atoms with van der Waals surface area (Å²) in [6.45, 7) is 0.716. The van der Waals surface area contributed by atoms with Gasteiger partial charge in [0.25, 0.3) is 5.91 Å². The van der Waals surface area contributed by atoms with Gasteiger partial charge in [-0.2, -0.15) is 18.3 Å². The lowest BCUT2D eigenvalue weighted by molar-refractivity contribution is -0.142. The average molecular weight is 432 g/mol. The van der Waals surface area contributed by atoms with Crippen LogP contribution in [0.2, 0.25) is 0 Å². The molecule has 4 rings (SSSR count). The van der Waals surface area contributed by atoms with E-state index in [1.807, 2.05) is 6.07 Å². The van der Waals surface area contributed by atoms with E-state index in [1.165, 1.54) is 17.3 Å². The molecule has 0 bridgehead atoms. The quantitative estimate of drug-likeness (QED) is 0.610. The number of hydrogen-bond acceptors (Lipinski definition) is 5. The van der Waals surface area contributed by atoms with Gasteiger partial charge in [0.15, 0.2) is 0 Å². The molecule has 3 heterocycles. The summed E-state index contributed by atoms with van der Waals surface area (Å²) in [7, 11) is 3.10. The Balaban J connectivity index is 1.67. The van der Waals surface area contributed by atoms with E-state index in [9.17, 15) is 18.0 Å². The van der Waals surface area contributed by atoms with E-state index in [2.05, 4.69) is 10.1 Å². The Morgan fingerprint density at radius 2 is 1.94 bits per heavy atom. The maximum atomic E-state index is 13.0. The Labute approximate surface area is 176 Å². The lowest BCUT2D eigenvalue weighted by Crippen LogP contribution is -2.23. The van der Waals surface area contributed by atoms with Crippen LogP contribution in [0.5, 0.6) is 11.5 Å². The van der Waals surface area contributed by atoms with E-state index in [0.717, 1.165) is 10.2 Å².